The van der Waals surface area contributed by atoms with Crippen LogP contribution < -0.4 is 5.32 Å². The summed E-state index contributed by atoms with van der Waals surface area (Å²) in [6.45, 7) is 8.15. The Morgan fingerprint density at radius 1 is 1.11 bits per heavy atom. The molecule has 0 aromatic heterocycles. The predicted molar refractivity (Wildman–Crippen MR) is 83.5 cm³/mol. The largest absolute Gasteiger partial charge is 0.313 e. The summed E-state index contributed by atoms with van der Waals surface area (Å²) in [7, 11) is 0. The van der Waals surface area contributed by atoms with E-state index in [0.717, 1.165) is 18.4 Å². The number of benzene rings is 1. The average Bonchev–Trinajstić information content (AvgIpc) is 2.83. The van der Waals surface area contributed by atoms with Gasteiger partial charge in [-0.05, 0) is 55.2 Å². The first kappa shape index (κ1) is 14.6. The van der Waals surface area contributed by atoms with Gasteiger partial charge in [-0.2, -0.15) is 0 Å². The summed E-state index contributed by atoms with van der Waals surface area (Å²) in [5, 5.41) is 3.83. The standard InChI is InChI=1S/C18H29N/c1-4-8-14(3)18(19-11-5-2)17-12-15-9-6-7-10-16(15)13-17/h6-7,9-10,14,17-19H,4-5,8,11-13H2,1-3H3. The third-order valence-electron chi connectivity index (χ3n) is 4.58. The van der Waals surface area contributed by atoms with E-state index in [0.29, 0.717) is 6.04 Å². The number of hydrogen-bond acceptors (Lipinski definition) is 1. The molecule has 0 radical (unpaired) electrons. The van der Waals surface area contributed by atoms with Gasteiger partial charge in [0.1, 0.15) is 0 Å². The van der Waals surface area contributed by atoms with E-state index in [1.54, 1.807) is 11.1 Å². The normalized spacial score (nSPS) is 18.3. The summed E-state index contributed by atoms with van der Waals surface area (Å²) in [5.74, 6) is 1.58. The third-order valence-corrected chi connectivity index (χ3v) is 4.58. The second-order valence-corrected chi connectivity index (χ2v) is 6.18. The van der Waals surface area contributed by atoms with E-state index in [1.807, 2.05) is 0 Å². The molecule has 0 fully saturated rings. The van der Waals surface area contributed by atoms with E-state index in [1.165, 1.54) is 32.1 Å². The summed E-state index contributed by atoms with van der Waals surface area (Å²) >= 11 is 0. The molecule has 1 heteroatoms. The molecule has 1 nitrogen and oxygen atoms in total. The summed E-state index contributed by atoms with van der Waals surface area (Å²) in [6.07, 6.45) is 6.41. The van der Waals surface area contributed by atoms with Crippen molar-refractivity contribution in [1.29, 1.82) is 0 Å². The molecule has 0 amide bonds. The number of hydrogen-bond donors (Lipinski definition) is 1. The molecule has 2 unspecified atom stereocenters. The van der Waals surface area contributed by atoms with Gasteiger partial charge in [-0.1, -0.05) is 51.5 Å². The monoisotopic (exact) mass is 259 g/mol. The van der Waals surface area contributed by atoms with Crippen molar-refractivity contribution in [3.8, 4) is 0 Å². The molecule has 0 saturated heterocycles. The molecule has 19 heavy (non-hydrogen) atoms. The summed E-state index contributed by atoms with van der Waals surface area (Å²) in [4.78, 5) is 0. The maximum Gasteiger partial charge on any atom is 0.0127 e. The summed E-state index contributed by atoms with van der Waals surface area (Å²) in [5.41, 5.74) is 3.17. The smallest absolute Gasteiger partial charge is 0.0127 e. The molecule has 1 aromatic rings. The maximum absolute atomic E-state index is 3.83. The number of rotatable bonds is 7. The molecule has 0 aliphatic heterocycles. The van der Waals surface area contributed by atoms with Gasteiger partial charge >= 0.3 is 0 Å². The third kappa shape index (κ3) is 3.60. The van der Waals surface area contributed by atoms with Crippen LogP contribution >= 0.6 is 0 Å². The van der Waals surface area contributed by atoms with E-state index in [-0.39, 0.29) is 0 Å². The topological polar surface area (TPSA) is 12.0 Å². The van der Waals surface area contributed by atoms with Crippen LogP contribution in [0.2, 0.25) is 0 Å². The average molecular weight is 259 g/mol. The highest BCUT2D eigenvalue weighted by atomic mass is 14.9. The zero-order chi connectivity index (χ0) is 13.7. The van der Waals surface area contributed by atoms with Crippen molar-refractivity contribution >= 4 is 0 Å². The van der Waals surface area contributed by atoms with Crippen molar-refractivity contribution in [2.24, 2.45) is 11.8 Å². The molecule has 106 valence electrons. The minimum Gasteiger partial charge on any atom is -0.313 e. The van der Waals surface area contributed by atoms with Crippen molar-refractivity contribution in [2.75, 3.05) is 6.54 Å². The molecule has 1 aromatic carbocycles. The molecular weight excluding hydrogens is 230 g/mol. The Morgan fingerprint density at radius 2 is 1.74 bits per heavy atom. The highest BCUT2D eigenvalue weighted by Gasteiger charge is 2.30. The molecule has 2 atom stereocenters. The van der Waals surface area contributed by atoms with Gasteiger partial charge in [0, 0.05) is 6.04 Å². The second kappa shape index (κ2) is 7.09. The summed E-state index contributed by atoms with van der Waals surface area (Å²) in [6, 6.07) is 9.69. The lowest BCUT2D eigenvalue weighted by molar-refractivity contribution is 0.263. The van der Waals surface area contributed by atoms with Crippen molar-refractivity contribution in [3.05, 3.63) is 35.4 Å². The lowest BCUT2D eigenvalue weighted by Gasteiger charge is -2.30. The van der Waals surface area contributed by atoms with E-state index in [2.05, 4.69) is 50.4 Å². The van der Waals surface area contributed by atoms with Crippen LogP contribution in [-0.4, -0.2) is 12.6 Å². The molecule has 0 bridgehead atoms. The Balaban J connectivity index is 2.04. The first-order chi connectivity index (χ1) is 9.26. The van der Waals surface area contributed by atoms with Crippen LogP contribution in [0.25, 0.3) is 0 Å². The van der Waals surface area contributed by atoms with Crippen LogP contribution in [0.1, 0.15) is 51.2 Å². The first-order valence-electron chi connectivity index (χ1n) is 8.06. The lowest BCUT2D eigenvalue weighted by Crippen LogP contribution is -2.42. The molecule has 0 saturated carbocycles. The minimum atomic E-state index is 0.687. The molecule has 1 aliphatic carbocycles. The summed E-state index contributed by atoms with van der Waals surface area (Å²) < 4.78 is 0. The van der Waals surface area contributed by atoms with Gasteiger partial charge in [0.2, 0.25) is 0 Å². The fraction of sp³-hybridized carbons (Fsp3) is 0.667. The Labute approximate surface area is 118 Å². The van der Waals surface area contributed by atoms with Crippen LogP contribution in [0.5, 0.6) is 0 Å². The van der Waals surface area contributed by atoms with Crippen molar-refractivity contribution in [1.82, 2.24) is 5.32 Å². The van der Waals surface area contributed by atoms with Crippen molar-refractivity contribution in [3.63, 3.8) is 0 Å². The van der Waals surface area contributed by atoms with Crippen LogP contribution in [0.3, 0.4) is 0 Å². The fourth-order valence-electron chi connectivity index (χ4n) is 3.63. The Bertz CT molecular complexity index is 360. The quantitative estimate of drug-likeness (QED) is 0.773. The van der Waals surface area contributed by atoms with E-state index in [9.17, 15) is 0 Å². The number of fused-ring (bicyclic) bond motifs is 1. The van der Waals surface area contributed by atoms with Gasteiger partial charge < -0.3 is 5.32 Å². The van der Waals surface area contributed by atoms with Gasteiger partial charge in [-0.15, -0.1) is 0 Å². The Hall–Kier alpha value is -0.820. The van der Waals surface area contributed by atoms with Crippen LogP contribution in [0.15, 0.2) is 24.3 Å². The zero-order valence-electron chi connectivity index (χ0n) is 12.8. The number of nitrogens with one attached hydrogen (secondary N) is 1. The fourth-order valence-corrected chi connectivity index (χ4v) is 3.63. The van der Waals surface area contributed by atoms with Gasteiger partial charge in [0.05, 0.1) is 0 Å². The van der Waals surface area contributed by atoms with Crippen LogP contribution in [0, 0.1) is 11.8 Å². The van der Waals surface area contributed by atoms with Crippen LogP contribution in [0.4, 0.5) is 0 Å². The Morgan fingerprint density at radius 3 is 2.26 bits per heavy atom. The van der Waals surface area contributed by atoms with Gasteiger partial charge in [-0.3, -0.25) is 0 Å². The van der Waals surface area contributed by atoms with E-state index in [4.69, 9.17) is 0 Å². The van der Waals surface area contributed by atoms with Crippen molar-refractivity contribution in [2.45, 2.75) is 58.9 Å². The SMILES string of the molecule is CCCNC(C(C)CCC)C1Cc2ccccc2C1. The molecule has 0 heterocycles. The van der Waals surface area contributed by atoms with Gasteiger partial charge in [-0.25, -0.2) is 0 Å². The predicted octanol–water partition coefficient (Wildman–Crippen LogP) is 4.21. The second-order valence-electron chi connectivity index (χ2n) is 6.18. The zero-order valence-corrected chi connectivity index (χ0v) is 12.8. The van der Waals surface area contributed by atoms with E-state index < -0.39 is 0 Å². The molecule has 1 aliphatic rings. The first-order valence-corrected chi connectivity index (χ1v) is 8.06. The maximum atomic E-state index is 3.83. The molecule has 2 rings (SSSR count). The Kier molecular flexibility index (Phi) is 5.45. The highest BCUT2D eigenvalue weighted by Crippen LogP contribution is 2.32. The molecule has 1 N–H and O–H groups in total. The van der Waals surface area contributed by atoms with Crippen molar-refractivity contribution < 1.29 is 0 Å². The van der Waals surface area contributed by atoms with Gasteiger partial charge in [0.25, 0.3) is 0 Å². The van der Waals surface area contributed by atoms with E-state index >= 15 is 0 Å². The highest BCUT2D eigenvalue weighted by molar-refractivity contribution is 5.32. The lowest BCUT2D eigenvalue weighted by atomic mass is 9.84. The van der Waals surface area contributed by atoms with Gasteiger partial charge in [0.15, 0.2) is 0 Å². The molecule has 0 spiro atoms. The van der Waals surface area contributed by atoms with Crippen LogP contribution in [-0.2, 0) is 12.8 Å². The minimum absolute atomic E-state index is 0.687. The molecular formula is C18H29N.